The largest absolute Gasteiger partial charge is 0.351 e. The fourth-order valence-electron chi connectivity index (χ4n) is 2.46. The van der Waals surface area contributed by atoms with Gasteiger partial charge in [-0.25, -0.2) is 0 Å². The van der Waals surface area contributed by atoms with E-state index in [1.165, 1.54) is 6.42 Å². The first-order chi connectivity index (χ1) is 6.99. The summed E-state index contributed by atoms with van der Waals surface area (Å²) < 4.78 is 0. The Morgan fingerprint density at radius 3 is 2.87 bits per heavy atom. The minimum Gasteiger partial charge on any atom is -0.351 e. The molecule has 2 unspecified atom stereocenters. The third-order valence-corrected chi connectivity index (χ3v) is 4.13. The predicted octanol–water partition coefficient (Wildman–Crippen LogP) is 1.29. The Hall–Kier alpha value is -0.570. The van der Waals surface area contributed by atoms with Crippen LogP contribution < -0.4 is 10.6 Å². The molecule has 1 saturated heterocycles. The molecule has 1 heterocycles. The van der Waals surface area contributed by atoms with E-state index < -0.39 is 0 Å². The van der Waals surface area contributed by atoms with Crippen molar-refractivity contribution in [2.75, 3.05) is 13.1 Å². The van der Waals surface area contributed by atoms with Crippen molar-refractivity contribution in [2.24, 2.45) is 11.3 Å². The van der Waals surface area contributed by atoms with Gasteiger partial charge in [0.05, 0.1) is 0 Å². The SMILES string of the molecule is CCC(C)(C)NC(=O)C1CC12CCNC2. The molecule has 0 aromatic heterocycles. The number of rotatable bonds is 3. The minimum atomic E-state index is -0.0487. The molecule has 1 amide bonds. The Bertz CT molecular complexity index is 267. The number of carbonyl (C=O) groups is 1. The highest BCUT2D eigenvalue weighted by Crippen LogP contribution is 2.56. The van der Waals surface area contributed by atoms with Gasteiger partial charge in [-0.1, -0.05) is 6.92 Å². The van der Waals surface area contributed by atoms with Crippen LogP contribution in [0.3, 0.4) is 0 Å². The van der Waals surface area contributed by atoms with Crippen molar-refractivity contribution in [3.8, 4) is 0 Å². The topological polar surface area (TPSA) is 41.1 Å². The molecule has 15 heavy (non-hydrogen) atoms. The van der Waals surface area contributed by atoms with E-state index in [0.717, 1.165) is 25.9 Å². The molecular weight excluding hydrogens is 188 g/mol. The maximum atomic E-state index is 12.0. The van der Waals surface area contributed by atoms with E-state index in [-0.39, 0.29) is 17.4 Å². The Kier molecular flexibility index (Phi) is 2.53. The highest BCUT2D eigenvalue weighted by Gasteiger charge is 2.59. The van der Waals surface area contributed by atoms with Crippen LogP contribution in [-0.2, 0) is 4.79 Å². The van der Waals surface area contributed by atoms with Gasteiger partial charge < -0.3 is 10.6 Å². The summed E-state index contributed by atoms with van der Waals surface area (Å²) in [6.45, 7) is 8.42. The Morgan fingerprint density at radius 2 is 2.33 bits per heavy atom. The molecule has 0 aromatic rings. The van der Waals surface area contributed by atoms with E-state index in [1.54, 1.807) is 0 Å². The fraction of sp³-hybridized carbons (Fsp3) is 0.917. The first kappa shape index (κ1) is 10.9. The summed E-state index contributed by atoms with van der Waals surface area (Å²) in [4.78, 5) is 12.0. The van der Waals surface area contributed by atoms with Gasteiger partial charge in [-0.05, 0) is 45.1 Å². The van der Waals surface area contributed by atoms with Crippen molar-refractivity contribution in [1.29, 1.82) is 0 Å². The molecule has 2 rings (SSSR count). The summed E-state index contributed by atoms with van der Waals surface area (Å²) in [5, 5.41) is 6.51. The lowest BCUT2D eigenvalue weighted by atomic mass is 9.99. The second-order valence-electron chi connectivity index (χ2n) is 5.77. The van der Waals surface area contributed by atoms with Crippen LogP contribution in [0, 0.1) is 11.3 Å². The third-order valence-electron chi connectivity index (χ3n) is 4.13. The summed E-state index contributed by atoms with van der Waals surface area (Å²) in [6.07, 6.45) is 3.25. The van der Waals surface area contributed by atoms with Gasteiger partial charge in [-0.3, -0.25) is 4.79 Å². The van der Waals surface area contributed by atoms with Crippen LogP contribution >= 0.6 is 0 Å². The average molecular weight is 210 g/mol. The quantitative estimate of drug-likeness (QED) is 0.737. The van der Waals surface area contributed by atoms with E-state index in [2.05, 4.69) is 31.4 Å². The minimum absolute atomic E-state index is 0.0487. The van der Waals surface area contributed by atoms with Crippen LogP contribution in [0.25, 0.3) is 0 Å². The maximum Gasteiger partial charge on any atom is 0.224 e. The van der Waals surface area contributed by atoms with Crippen molar-refractivity contribution in [2.45, 2.75) is 45.6 Å². The summed E-state index contributed by atoms with van der Waals surface area (Å²) in [5.74, 6) is 0.545. The molecule has 0 aromatic carbocycles. The van der Waals surface area contributed by atoms with Gasteiger partial charge in [0.15, 0.2) is 0 Å². The van der Waals surface area contributed by atoms with Gasteiger partial charge in [-0.15, -0.1) is 0 Å². The van der Waals surface area contributed by atoms with E-state index >= 15 is 0 Å². The first-order valence-corrected chi connectivity index (χ1v) is 6.02. The second-order valence-corrected chi connectivity index (χ2v) is 5.77. The monoisotopic (exact) mass is 210 g/mol. The van der Waals surface area contributed by atoms with E-state index in [0.29, 0.717) is 5.41 Å². The number of hydrogen-bond acceptors (Lipinski definition) is 2. The lowest BCUT2D eigenvalue weighted by Crippen LogP contribution is -2.44. The van der Waals surface area contributed by atoms with Crippen molar-refractivity contribution in [3.63, 3.8) is 0 Å². The lowest BCUT2D eigenvalue weighted by molar-refractivity contribution is -0.124. The van der Waals surface area contributed by atoms with Gasteiger partial charge in [0, 0.05) is 18.0 Å². The highest BCUT2D eigenvalue weighted by atomic mass is 16.2. The van der Waals surface area contributed by atoms with Crippen molar-refractivity contribution in [1.82, 2.24) is 10.6 Å². The molecule has 86 valence electrons. The van der Waals surface area contributed by atoms with Crippen molar-refractivity contribution in [3.05, 3.63) is 0 Å². The number of hydrogen-bond donors (Lipinski definition) is 2. The maximum absolute atomic E-state index is 12.0. The molecule has 1 spiro atoms. The van der Waals surface area contributed by atoms with Crippen LogP contribution in [0.15, 0.2) is 0 Å². The predicted molar refractivity (Wildman–Crippen MR) is 60.5 cm³/mol. The Labute approximate surface area is 92.0 Å². The van der Waals surface area contributed by atoms with E-state index in [1.807, 2.05) is 0 Å². The molecule has 1 aliphatic carbocycles. The fourth-order valence-corrected chi connectivity index (χ4v) is 2.46. The van der Waals surface area contributed by atoms with Crippen molar-refractivity contribution >= 4 is 5.91 Å². The molecule has 3 nitrogen and oxygen atoms in total. The van der Waals surface area contributed by atoms with Gasteiger partial charge in [0.1, 0.15) is 0 Å². The zero-order chi connectivity index (χ0) is 11.1. The molecule has 1 aliphatic heterocycles. The molecule has 0 radical (unpaired) electrons. The van der Waals surface area contributed by atoms with Gasteiger partial charge in [0.2, 0.25) is 5.91 Å². The lowest BCUT2D eigenvalue weighted by Gasteiger charge is -2.25. The van der Waals surface area contributed by atoms with Crippen LogP contribution in [0.1, 0.15) is 40.0 Å². The molecule has 1 saturated carbocycles. The molecule has 0 bridgehead atoms. The first-order valence-electron chi connectivity index (χ1n) is 6.02. The van der Waals surface area contributed by atoms with Gasteiger partial charge in [-0.2, -0.15) is 0 Å². The van der Waals surface area contributed by atoms with Crippen molar-refractivity contribution < 1.29 is 4.79 Å². The smallest absolute Gasteiger partial charge is 0.224 e. The zero-order valence-corrected chi connectivity index (χ0v) is 10.0. The molecule has 2 aliphatic rings. The number of nitrogens with one attached hydrogen (secondary N) is 2. The Balaban J connectivity index is 1.89. The molecule has 2 fully saturated rings. The summed E-state index contributed by atoms with van der Waals surface area (Å²) >= 11 is 0. The molecular formula is C12H22N2O. The molecule has 3 heteroatoms. The standard InChI is InChI=1S/C12H22N2O/c1-4-11(2,3)14-10(15)9-7-12(9)5-6-13-8-12/h9,13H,4-8H2,1-3H3,(H,14,15). The number of amides is 1. The highest BCUT2D eigenvalue weighted by molar-refractivity contribution is 5.83. The van der Waals surface area contributed by atoms with E-state index in [9.17, 15) is 4.79 Å². The second kappa shape index (κ2) is 3.48. The number of carbonyl (C=O) groups excluding carboxylic acids is 1. The van der Waals surface area contributed by atoms with Crippen LogP contribution in [-0.4, -0.2) is 24.5 Å². The Morgan fingerprint density at radius 1 is 1.60 bits per heavy atom. The normalized spacial score (nSPS) is 34.5. The average Bonchev–Trinajstić information content (AvgIpc) is 2.65. The van der Waals surface area contributed by atoms with Crippen LogP contribution in [0.2, 0.25) is 0 Å². The zero-order valence-electron chi connectivity index (χ0n) is 10.0. The van der Waals surface area contributed by atoms with Crippen LogP contribution in [0.4, 0.5) is 0 Å². The van der Waals surface area contributed by atoms with Crippen LogP contribution in [0.5, 0.6) is 0 Å². The van der Waals surface area contributed by atoms with Gasteiger partial charge >= 0.3 is 0 Å². The summed E-state index contributed by atoms with van der Waals surface area (Å²) in [6, 6.07) is 0. The summed E-state index contributed by atoms with van der Waals surface area (Å²) in [7, 11) is 0. The van der Waals surface area contributed by atoms with Gasteiger partial charge in [0.25, 0.3) is 0 Å². The third kappa shape index (κ3) is 2.03. The summed E-state index contributed by atoms with van der Waals surface area (Å²) in [5.41, 5.74) is 0.279. The molecule has 2 N–H and O–H groups in total. The molecule has 2 atom stereocenters. The van der Waals surface area contributed by atoms with E-state index in [4.69, 9.17) is 0 Å².